The fraction of sp³-hybridized carbons (Fsp3) is 0.944. The maximum absolute atomic E-state index is 10.3. The molecule has 0 rings (SSSR count). The molecule has 3 N–H and O–H groups in total. The summed E-state index contributed by atoms with van der Waals surface area (Å²) in [4.78, 5) is 10.3. The molecule has 0 amide bonds. The van der Waals surface area contributed by atoms with Gasteiger partial charge in [0.05, 0.1) is 0 Å². The van der Waals surface area contributed by atoms with Crippen molar-refractivity contribution in [3.05, 3.63) is 0 Å². The standard InChI is InChI=1S/C18H36O2.Mg.H2O4S.2H/c1-2-3-4-5-6-7-8-9-10-11-12-13-14-15-16-17-18(19)20;;1-5(2,3)4;;/h2-17H2,1H3,(H,19,20);;(H2,1,2,3,4);;. The molecule has 0 aliphatic carbocycles. The molecule has 0 radical (unpaired) electrons. The molecule has 0 aromatic rings. The zero-order valence-corrected chi connectivity index (χ0v) is 16.6. The Hall–Kier alpha value is 0.106. The molecule has 0 aromatic heterocycles. The second-order valence-electron chi connectivity index (χ2n) is 6.54. The van der Waals surface area contributed by atoms with E-state index in [-0.39, 0.29) is 23.1 Å². The number of carboxylic acids is 1. The molecule has 6 nitrogen and oxygen atoms in total. The lowest BCUT2D eigenvalue weighted by atomic mass is 10.0. The lowest BCUT2D eigenvalue weighted by molar-refractivity contribution is -0.137. The minimum atomic E-state index is -4.67. The monoisotopic (exact) mass is 408 g/mol. The first-order valence-corrected chi connectivity index (χ1v) is 11.1. The van der Waals surface area contributed by atoms with Crippen molar-refractivity contribution in [2.75, 3.05) is 0 Å². The van der Waals surface area contributed by atoms with Crippen LogP contribution in [-0.4, -0.2) is 51.7 Å². The first-order valence-electron chi connectivity index (χ1n) is 9.69. The fourth-order valence-electron chi connectivity index (χ4n) is 2.65. The summed E-state index contributed by atoms with van der Waals surface area (Å²) in [5.41, 5.74) is 0. The molecule has 0 atom stereocenters. The molecule has 8 heteroatoms. The lowest BCUT2D eigenvalue weighted by Gasteiger charge is -2.03. The lowest BCUT2D eigenvalue weighted by Crippen LogP contribution is -1.93. The van der Waals surface area contributed by atoms with Crippen molar-refractivity contribution >= 4 is 39.4 Å². The molecule has 26 heavy (non-hydrogen) atoms. The summed E-state index contributed by atoms with van der Waals surface area (Å²) in [6, 6.07) is 0. The Morgan fingerprint density at radius 3 is 1.12 bits per heavy atom. The van der Waals surface area contributed by atoms with Gasteiger partial charge < -0.3 is 5.11 Å². The number of aliphatic carboxylic acids is 1. The predicted octanol–water partition coefficient (Wildman–Crippen LogP) is 4.76. The van der Waals surface area contributed by atoms with E-state index in [1.165, 1.54) is 83.5 Å². The normalized spacial score (nSPS) is 10.6. The summed E-state index contributed by atoms with van der Waals surface area (Å²) in [6.45, 7) is 2.27. The van der Waals surface area contributed by atoms with E-state index in [9.17, 15) is 4.79 Å². The second-order valence-corrected chi connectivity index (χ2v) is 7.44. The summed E-state index contributed by atoms with van der Waals surface area (Å²) in [6.07, 6.45) is 20.2. The Morgan fingerprint density at radius 1 is 0.654 bits per heavy atom. The average Bonchev–Trinajstić information content (AvgIpc) is 2.49. The van der Waals surface area contributed by atoms with Crippen LogP contribution in [-0.2, 0) is 15.2 Å². The minimum Gasteiger partial charge on any atom is -0.481 e. The van der Waals surface area contributed by atoms with Gasteiger partial charge in [-0.25, -0.2) is 0 Å². The topological polar surface area (TPSA) is 112 Å². The van der Waals surface area contributed by atoms with Crippen LogP contribution >= 0.6 is 0 Å². The maximum atomic E-state index is 10.3. The zero-order valence-electron chi connectivity index (χ0n) is 15.8. The smallest absolute Gasteiger partial charge is 0.394 e. The number of carbonyl (C=O) groups is 1. The van der Waals surface area contributed by atoms with Crippen LogP contribution in [0.4, 0.5) is 0 Å². The zero-order chi connectivity index (χ0) is 19.4. The third-order valence-corrected chi connectivity index (χ3v) is 3.99. The Balaban J connectivity index is -0.000000772. The van der Waals surface area contributed by atoms with E-state index in [2.05, 4.69) is 6.92 Å². The van der Waals surface area contributed by atoms with Gasteiger partial charge in [-0.05, 0) is 6.42 Å². The van der Waals surface area contributed by atoms with E-state index in [0.29, 0.717) is 6.42 Å². The van der Waals surface area contributed by atoms with E-state index in [4.69, 9.17) is 22.6 Å². The highest BCUT2D eigenvalue weighted by Gasteiger charge is 1.97. The molecule has 0 unspecified atom stereocenters. The van der Waals surface area contributed by atoms with Gasteiger partial charge in [0, 0.05) is 6.42 Å². The van der Waals surface area contributed by atoms with Crippen LogP contribution in [0.5, 0.6) is 0 Å². The van der Waals surface area contributed by atoms with Gasteiger partial charge in [0.2, 0.25) is 0 Å². The van der Waals surface area contributed by atoms with Gasteiger partial charge in [-0.1, -0.05) is 96.8 Å². The molecular weight excluding hydrogens is 369 g/mol. The summed E-state index contributed by atoms with van der Waals surface area (Å²) < 4.78 is 31.6. The quantitative estimate of drug-likeness (QED) is 0.193. The molecule has 156 valence electrons. The van der Waals surface area contributed by atoms with Gasteiger partial charge in [0.25, 0.3) is 0 Å². The van der Waals surface area contributed by atoms with E-state index in [0.717, 1.165) is 12.8 Å². The molecule has 0 aliphatic heterocycles. The van der Waals surface area contributed by atoms with Crippen LogP contribution in [0.2, 0.25) is 0 Å². The second kappa shape index (κ2) is 23.1. The molecule has 0 saturated carbocycles. The molecule has 0 bridgehead atoms. The third kappa shape index (κ3) is 44.0. The summed E-state index contributed by atoms with van der Waals surface area (Å²) in [5, 5.41) is 8.52. The van der Waals surface area contributed by atoms with Crippen LogP contribution in [0, 0.1) is 0 Å². The van der Waals surface area contributed by atoms with E-state index >= 15 is 0 Å². The number of hydrogen-bond donors (Lipinski definition) is 3. The van der Waals surface area contributed by atoms with Crippen LogP contribution in [0.1, 0.15) is 110 Å². The van der Waals surface area contributed by atoms with Crippen LogP contribution in [0.15, 0.2) is 0 Å². The van der Waals surface area contributed by atoms with Gasteiger partial charge in [0.1, 0.15) is 0 Å². The van der Waals surface area contributed by atoms with Crippen molar-refractivity contribution in [2.45, 2.75) is 110 Å². The third-order valence-electron chi connectivity index (χ3n) is 3.99. The van der Waals surface area contributed by atoms with Crippen LogP contribution < -0.4 is 0 Å². The predicted molar refractivity (Wildman–Crippen MR) is 110 cm³/mol. The first kappa shape index (κ1) is 30.8. The van der Waals surface area contributed by atoms with E-state index in [1.54, 1.807) is 0 Å². The highest BCUT2D eigenvalue weighted by molar-refractivity contribution is 7.79. The molecule has 0 heterocycles. The molecule has 0 saturated heterocycles. The van der Waals surface area contributed by atoms with Crippen molar-refractivity contribution in [3.8, 4) is 0 Å². The highest BCUT2D eigenvalue weighted by atomic mass is 32.3. The summed E-state index contributed by atoms with van der Waals surface area (Å²) >= 11 is 0. The minimum absolute atomic E-state index is 0. The fourth-order valence-corrected chi connectivity index (χ4v) is 2.65. The Labute approximate surface area is 176 Å². The van der Waals surface area contributed by atoms with Gasteiger partial charge in [-0.3, -0.25) is 13.9 Å². The Morgan fingerprint density at radius 2 is 0.885 bits per heavy atom. The largest absolute Gasteiger partial charge is 0.481 e. The van der Waals surface area contributed by atoms with Gasteiger partial charge in [-0.2, -0.15) is 8.42 Å². The van der Waals surface area contributed by atoms with E-state index < -0.39 is 16.4 Å². The van der Waals surface area contributed by atoms with Crippen molar-refractivity contribution < 1.29 is 27.4 Å². The first-order chi connectivity index (χ1) is 11.8. The molecule has 0 aromatic carbocycles. The summed E-state index contributed by atoms with van der Waals surface area (Å²) in [7, 11) is -4.67. The van der Waals surface area contributed by atoms with Crippen molar-refractivity contribution in [2.24, 2.45) is 0 Å². The van der Waals surface area contributed by atoms with Gasteiger partial charge in [-0.15, -0.1) is 0 Å². The maximum Gasteiger partial charge on any atom is 0.394 e. The summed E-state index contributed by atoms with van der Waals surface area (Å²) in [5.74, 6) is -0.653. The number of unbranched alkanes of at least 4 members (excludes halogenated alkanes) is 14. The van der Waals surface area contributed by atoms with Gasteiger partial charge in [0.15, 0.2) is 0 Å². The molecule has 0 spiro atoms. The van der Waals surface area contributed by atoms with E-state index in [1.807, 2.05) is 0 Å². The van der Waals surface area contributed by atoms with Crippen LogP contribution in [0.3, 0.4) is 0 Å². The van der Waals surface area contributed by atoms with Crippen LogP contribution in [0.25, 0.3) is 0 Å². The Bertz CT molecular complexity index is 379. The molecule has 0 aliphatic rings. The number of carboxylic acid groups (broad SMARTS) is 1. The average molecular weight is 409 g/mol. The van der Waals surface area contributed by atoms with Crippen molar-refractivity contribution in [3.63, 3.8) is 0 Å². The SMILES string of the molecule is CCCCCCCCCCCCCCCCCC(=O)O.O=S(=O)(O)O.[MgH2]. The number of rotatable bonds is 16. The highest BCUT2D eigenvalue weighted by Crippen LogP contribution is 2.13. The van der Waals surface area contributed by atoms with Crippen molar-refractivity contribution in [1.29, 1.82) is 0 Å². The van der Waals surface area contributed by atoms with Crippen molar-refractivity contribution in [1.82, 2.24) is 0 Å². The Kier molecular flexibility index (Phi) is 27.4. The number of hydrogen-bond acceptors (Lipinski definition) is 3. The molecular formula is C18H40MgO6S. The van der Waals surface area contributed by atoms with Gasteiger partial charge >= 0.3 is 39.4 Å². The molecule has 0 fully saturated rings.